The quantitative estimate of drug-likeness (QED) is 0.843. The molecule has 0 aromatic carbocycles. The molecule has 0 aliphatic rings. The highest BCUT2D eigenvalue weighted by Crippen LogP contribution is 2.33. The highest BCUT2D eigenvalue weighted by molar-refractivity contribution is 6.17. The highest BCUT2D eigenvalue weighted by atomic mass is 35.5. The lowest BCUT2D eigenvalue weighted by molar-refractivity contribution is -0.275. The molecular formula is C8H7ClF3NO3. The number of hydrogen-bond donors (Lipinski definition) is 1. The summed E-state index contributed by atoms with van der Waals surface area (Å²) >= 11 is 5.39. The van der Waals surface area contributed by atoms with Gasteiger partial charge in [-0.25, -0.2) is 0 Å². The van der Waals surface area contributed by atoms with Crippen LogP contribution in [-0.2, 0) is 5.88 Å². The van der Waals surface area contributed by atoms with E-state index in [0.29, 0.717) is 0 Å². The van der Waals surface area contributed by atoms with Gasteiger partial charge in [-0.05, 0) is 0 Å². The Balaban J connectivity index is 3.28. The van der Waals surface area contributed by atoms with E-state index >= 15 is 0 Å². The molecule has 0 fully saturated rings. The van der Waals surface area contributed by atoms with Crippen LogP contribution in [0.15, 0.2) is 10.9 Å². The molecule has 1 N–H and O–H groups in total. The van der Waals surface area contributed by atoms with E-state index in [1.807, 2.05) is 0 Å². The lowest BCUT2D eigenvalue weighted by atomic mass is 10.3. The number of alkyl halides is 4. The monoisotopic (exact) mass is 257 g/mol. The second-order valence-corrected chi connectivity index (χ2v) is 2.96. The first-order valence-corrected chi connectivity index (χ1v) is 4.52. The molecule has 0 spiro atoms. The van der Waals surface area contributed by atoms with Gasteiger partial charge in [0.25, 0.3) is 5.56 Å². The summed E-state index contributed by atoms with van der Waals surface area (Å²) in [6.07, 6.45) is -4.88. The van der Waals surface area contributed by atoms with Gasteiger partial charge in [0.15, 0.2) is 11.5 Å². The summed E-state index contributed by atoms with van der Waals surface area (Å²) in [7, 11) is 1.12. The van der Waals surface area contributed by atoms with Crippen LogP contribution in [0.2, 0.25) is 0 Å². The molecule has 8 heteroatoms. The lowest BCUT2D eigenvalue weighted by Gasteiger charge is -2.14. The molecule has 0 bridgehead atoms. The Hall–Kier alpha value is -1.37. The molecule has 16 heavy (non-hydrogen) atoms. The fourth-order valence-corrected chi connectivity index (χ4v) is 1.24. The second-order valence-electron chi connectivity index (χ2n) is 2.69. The van der Waals surface area contributed by atoms with Crippen LogP contribution < -0.4 is 15.0 Å². The zero-order valence-corrected chi connectivity index (χ0v) is 8.78. The minimum atomic E-state index is -4.88. The van der Waals surface area contributed by atoms with Crippen molar-refractivity contribution in [2.24, 2.45) is 0 Å². The number of aromatic amines is 1. The van der Waals surface area contributed by atoms with E-state index in [9.17, 15) is 18.0 Å². The van der Waals surface area contributed by atoms with Gasteiger partial charge < -0.3 is 14.5 Å². The Kier molecular flexibility index (Phi) is 3.69. The van der Waals surface area contributed by atoms with Crippen LogP contribution in [0.1, 0.15) is 5.69 Å². The molecule has 1 heterocycles. The van der Waals surface area contributed by atoms with E-state index < -0.39 is 17.7 Å². The smallest absolute Gasteiger partial charge is 0.493 e. The Bertz CT molecular complexity index is 401. The number of rotatable bonds is 3. The average molecular weight is 258 g/mol. The molecule has 90 valence electrons. The van der Waals surface area contributed by atoms with Crippen molar-refractivity contribution in [1.82, 2.24) is 4.98 Å². The third-order valence-electron chi connectivity index (χ3n) is 1.61. The summed E-state index contributed by atoms with van der Waals surface area (Å²) in [6.45, 7) is 0. The van der Waals surface area contributed by atoms with Gasteiger partial charge in [0.1, 0.15) is 0 Å². The Labute approximate surface area is 92.9 Å². The van der Waals surface area contributed by atoms with Crippen molar-refractivity contribution in [3.05, 3.63) is 22.1 Å². The van der Waals surface area contributed by atoms with Gasteiger partial charge in [-0.15, -0.1) is 24.8 Å². The summed E-state index contributed by atoms with van der Waals surface area (Å²) in [4.78, 5) is 13.1. The summed E-state index contributed by atoms with van der Waals surface area (Å²) < 4.78 is 44.5. The molecule has 0 aliphatic carbocycles. The molecule has 0 saturated heterocycles. The number of ether oxygens (including phenoxy) is 2. The van der Waals surface area contributed by atoms with Crippen molar-refractivity contribution in [2.45, 2.75) is 12.2 Å². The molecule has 0 unspecified atom stereocenters. The first kappa shape index (κ1) is 12.7. The fourth-order valence-electron chi connectivity index (χ4n) is 1.05. The van der Waals surface area contributed by atoms with Crippen molar-refractivity contribution < 1.29 is 22.6 Å². The van der Waals surface area contributed by atoms with Crippen LogP contribution in [0.3, 0.4) is 0 Å². The van der Waals surface area contributed by atoms with Crippen LogP contribution >= 0.6 is 11.6 Å². The molecule has 4 nitrogen and oxygen atoms in total. The third-order valence-corrected chi connectivity index (χ3v) is 1.87. The molecule has 0 aliphatic heterocycles. The number of H-pyrrole nitrogens is 1. The molecule has 1 rings (SSSR count). The third kappa shape index (κ3) is 3.06. The molecule has 1 aromatic heterocycles. The maximum Gasteiger partial charge on any atom is 0.573 e. The molecule has 0 amide bonds. The predicted octanol–water partition coefficient (Wildman–Crippen LogP) is 2.02. The van der Waals surface area contributed by atoms with E-state index in [1.54, 1.807) is 0 Å². The van der Waals surface area contributed by atoms with E-state index in [0.717, 1.165) is 13.2 Å². The first-order chi connectivity index (χ1) is 7.37. The minimum absolute atomic E-state index is 0.191. The van der Waals surface area contributed by atoms with Gasteiger partial charge in [0, 0.05) is 6.07 Å². The van der Waals surface area contributed by atoms with Crippen LogP contribution in [0.25, 0.3) is 0 Å². The van der Waals surface area contributed by atoms with Crippen molar-refractivity contribution in [2.75, 3.05) is 7.11 Å². The Morgan fingerprint density at radius 3 is 2.56 bits per heavy atom. The predicted molar refractivity (Wildman–Crippen MR) is 49.9 cm³/mol. The lowest BCUT2D eigenvalue weighted by Crippen LogP contribution is -2.20. The van der Waals surface area contributed by atoms with Crippen LogP contribution in [-0.4, -0.2) is 18.5 Å². The number of pyridine rings is 1. The number of nitrogens with one attached hydrogen (secondary N) is 1. The van der Waals surface area contributed by atoms with E-state index in [4.69, 9.17) is 11.6 Å². The van der Waals surface area contributed by atoms with Crippen LogP contribution in [0, 0.1) is 0 Å². The number of methoxy groups -OCH3 is 1. The van der Waals surface area contributed by atoms with Crippen molar-refractivity contribution in [3.63, 3.8) is 0 Å². The topological polar surface area (TPSA) is 51.3 Å². The van der Waals surface area contributed by atoms with Gasteiger partial charge in [-0.2, -0.15) is 0 Å². The number of halogens is 4. The molecule has 0 saturated carbocycles. The zero-order chi connectivity index (χ0) is 12.3. The largest absolute Gasteiger partial charge is 0.573 e. The fraction of sp³-hybridized carbons (Fsp3) is 0.375. The van der Waals surface area contributed by atoms with Gasteiger partial charge in [-0.1, -0.05) is 0 Å². The average Bonchev–Trinajstić information content (AvgIpc) is 2.18. The maximum atomic E-state index is 12.1. The molecular weight excluding hydrogens is 251 g/mol. The van der Waals surface area contributed by atoms with E-state index in [1.165, 1.54) is 0 Å². The van der Waals surface area contributed by atoms with Crippen molar-refractivity contribution in [3.8, 4) is 11.5 Å². The molecule has 0 radical (unpaired) electrons. The summed E-state index contributed by atoms with van der Waals surface area (Å²) in [5.41, 5.74) is -0.814. The van der Waals surface area contributed by atoms with Gasteiger partial charge >= 0.3 is 6.36 Å². The normalized spacial score (nSPS) is 11.3. The second kappa shape index (κ2) is 4.65. The van der Waals surface area contributed by atoms with E-state index in [2.05, 4.69) is 14.5 Å². The van der Waals surface area contributed by atoms with Gasteiger partial charge in [0.05, 0.1) is 18.7 Å². The molecule has 1 aromatic rings. The zero-order valence-electron chi connectivity index (χ0n) is 8.02. The summed E-state index contributed by atoms with van der Waals surface area (Å²) in [5, 5.41) is 0. The number of aromatic nitrogens is 1. The highest BCUT2D eigenvalue weighted by Gasteiger charge is 2.34. The SMILES string of the molecule is COc1cc(=O)[nH]c(CCl)c1OC(F)(F)F. The summed E-state index contributed by atoms with van der Waals surface area (Å²) in [6, 6.07) is 0.844. The summed E-state index contributed by atoms with van der Waals surface area (Å²) in [5.74, 6) is -1.29. The Morgan fingerprint density at radius 1 is 1.50 bits per heavy atom. The Morgan fingerprint density at radius 2 is 2.12 bits per heavy atom. The standard InChI is InChI=1S/C8H7ClF3NO3/c1-15-5-2-6(14)13-4(3-9)7(5)16-8(10,11)12/h2H,3H2,1H3,(H,13,14). The minimum Gasteiger partial charge on any atom is -0.493 e. The van der Waals surface area contributed by atoms with Crippen molar-refractivity contribution in [1.29, 1.82) is 0 Å². The number of hydrogen-bond acceptors (Lipinski definition) is 3. The van der Waals surface area contributed by atoms with Crippen molar-refractivity contribution >= 4 is 11.6 Å². The van der Waals surface area contributed by atoms with E-state index in [-0.39, 0.29) is 17.3 Å². The maximum absolute atomic E-state index is 12.1. The first-order valence-electron chi connectivity index (χ1n) is 3.99. The molecule has 0 atom stereocenters. The van der Waals surface area contributed by atoms with Gasteiger partial charge in [0.2, 0.25) is 0 Å². The van der Waals surface area contributed by atoms with Gasteiger partial charge in [-0.3, -0.25) is 4.79 Å². The van der Waals surface area contributed by atoms with Crippen LogP contribution in [0.5, 0.6) is 11.5 Å². The van der Waals surface area contributed by atoms with Crippen LogP contribution in [0.4, 0.5) is 13.2 Å².